The summed E-state index contributed by atoms with van der Waals surface area (Å²) >= 11 is 0. The number of nitrogens with zero attached hydrogens (tertiary/aromatic N) is 1. The van der Waals surface area contributed by atoms with Crippen LogP contribution in [-0.4, -0.2) is 34.0 Å². The second-order valence-electron chi connectivity index (χ2n) is 6.83. The molecule has 144 valence electrons. The van der Waals surface area contributed by atoms with Crippen molar-refractivity contribution in [2.45, 2.75) is 18.2 Å². The number of anilines is 1. The van der Waals surface area contributed by atoms with Crippen molar-refractivity contribution < 1.29 is 17.6 Å². The molecule has 1 fully saturated rings. The van der Waals surface area contributed by atoms with Crippen LogP contribution in [0.1, 0.15) is 22.3 Å². The molecule has 0 aliphatic carbocycles. The smallest absolute Gasteiger partial charge is 0.254 e. The molecule has 1 atom stereocenters. The molecule has 8 heteroatoms. The van der Waals surface area contributed by atoms with E-state index in [1.54, 1.807) is 0 Å². The first-order chi connectivity index (χ1) is 12.7. The van der Waals surface area contributed by atoms with Gasteiger partial charge in [0, 0.05) is 25.3 Å². The van der Waals surface area contributed by atoms with Gasteiger partial charge in [-0.25, -0.2) is 17.9 Å². The summed E-state index contributed by atoms with van der Waals surface area (Å²) in [6.07, 6.45) is 0.911. The summed E-state index contributed by atoms with van der Waals surface area (Å²) in [6.45, 7) is 4.11. The van der Waals surface area contributed by atoms with Gasteiger partial charge in [0.25, 0.3) is 5.91 Å². The van der Waals surface area contributed by atoms with Crippen LogP contribution in [0.15, 0.2) is 47.4 Å². The molecule has 6 nitrogen and oxygen atoms in total. The van der Waals surface area contributed by atoms with Crippen molar-refractivity contribution in [1.29, 1.82) is 0 Å². The number of sulfonamides is 1. The first-order valence-electron chi connectivity index (χ1n) is 8.66. The van der Waals surface area contributed by atoms with E-state index >= 15 is 0 Å². The number of nitrogens with two attached hydrogens (primary N) is 1. The van der Waals surface area contributed by atoms with E-state index in [2.05, 4.69) is 34.5 Å². The lowest BCUT2D eigenvalue weighted by atomic mass is 10.1. The fourth-order valence-corrected chi connectivity index (χ4v) is 3.72. The number of halogens is 1. The van der Waals surface area contributed by atoms with Crippen molar-refractivity contribution in [2.75, 3.05) is 24.5 Å². The minimum atomic E-state index is -4.00. The van der Waals surface area contributed by atoms with Gasteiger partial charge in [-0.15, -0.1) is 0 Å². The Morgan fingerprint density at radius 2 is 1.96 bits per heavy atom. The molecule has 3 rings (SSSR count). The molecule has 1 saturated heterocycles. The standard InChI is InChI=1S/C19H22FN3O3S/c1-13-2-4-15(5-3-13)23-9-8-14(12-23)11-22-19(24)17-10-16(27(21,25)26)6-7-18(17)20/h2-7,10,14H,8-9,11-12H2,1H3,(H,22,24)(H2,21,25,26)/t14-/m0/s1. The first-order valence-corrected chi connectivity index (χ1v) is 10.2. The van der Waals surface area contributed by atoms with E-state index in [1.807, 2.05) is 6.92 Å². The maximum absolute atomic E-state index is 13.9. The third-order valence-corrected chi connectivity index (χ3v) is 5.66. The topological polar surface area (TPSA) is 92.5 Å². The number of hydrogen-bond donors (Lipinski definition) is 2. The largest absolute Gasteiger partial charge is 0.371 e. The fourth-order valence-electron chi connectivity index (χ4n) is 3.18. The van der Waals surface area contributed by atoms with Crippen LogP contribution in [0, 0.1) is 18.7 Å². The Morgan fingerprint density at radius 1 is 1.26 bits per heavy atom. The maximum Gasteiger partial charge on any atom is 0.254 e. The predicted molar refractivity (Wildman–Crippen MR) is 102 cm³/mol. The van der Waals surface area contributed by atoms with E-state index in [1.165, 1.54) is 5.56 Å². The van der Waals surface area contributed by atoms with Crippen LogP contribution < -0.4 is 15.4 Å². The molecule has 0 saturated carbocycles. The maximum atomic E-state index is 13.9. The predicted octanol–water partition coefficient (Wildman–Crippen LogP) is 2.04. The van der Waals surface area contributed by atoms with Crippen molar-refractivity contribution >= 4 is 21.6 Å². The minimum absolute atomic E-state index is 0.236. The molecule has 0 spiro atoms. The molecule has 3 N–H and O–H groups in total. The second kappa shape index (κ2) is 7.66. The van der Waals surface area contributed by atoms with E-state index in [0.717, 1.165) is 43.4 Å². The number of aryl methyl sites for hydroxylation is 1. The van der Waals surface area contributed by atoms with Gasteiger partial charge in [0.1, 0.15) is 5.82 Å². The van der Waals surface area contributed by atoms with E-state index in [9.17, 15) is 17.6 Å². The average molecular weight is 391 g/mol. The highest BCUT2D eigenvalue weighted by Crippen LogP contribution is 2.24. The molecule has 2 aromatic carbocycles. The number of hydrogen-bond acceptors (Lipinski definition) is 4. The van der Waals surface area contributed by atoms with Crippen LogP contribution in [0.25, 0.3) is 0 Å². The zero-order valence-corrected chi connectivity index (χ0v) is 15.8. The lowest BCUT2D eigenvalue weighted by Gasteiger charge is -2.19. The zero-order chi connectivity index (χ0) is 19.6. The van der Waals surface area contributed by atoms with Crippen molar-refractivity contribution in [3.8, 4) is 0 Å². The monoisotopic (exact) mass is 391 g/mol. The van der Waals surface area contributed by atoms with Crippen LogP contribution in [-0.2, 0) is 10.0 Å². The fraction of sp³-hybridized carbons (Fsp3) is 0.316. The lowest BCUT2D eigenvalue weighted by molar-refractivity contribution is 0.0944. The molecular formula is C19H22FN3O3S. The van der Waals surface area contributed by atoms with E-state index < -0.39 is 21.7 Å². The molecule has 0 radical (unpaired) electrons. The van der Waals surface area contributed by atoms with Gasteiger partial charge in [-0.1, -0.05) is 17.7 Å². The van der Waals surface area contributed by atoms with Crippen LogP contribution >= 0.6 is 0 Å². The highest BCUT2D eigenvalue weighted by atomic mass is 32.2. The van der Waals surface area contributed by atoms with Crippen molar-refractivity contribution in [2.24, 2.45) is 11.1 Å². The molecule has 1 aliphatic rings. The van der Waals surface area contributed by atoms with Gasteiger partial charge in [0.2, 0.25) is 10.0 Å². The number of nitrogens with one attached hydrogen (secondary N) is 1. The zero-order valence-electron chi connectivity index (χ0n) is 15.0. The molecule has 0 unspecified atom stereocenters. The van der Waals surface area contributed by atoms with Gasteiger partial charge < -0.3 is 10.2 Å². The number of benzene rings is 2. The number of carbonyl (C=O) groups is 1. The summed E-state index contributed by atoms with van der Waals surface area (Å²) in [5.41, 5.74) is 2.02. The van der Waals surface area contributed by atoms with Gasteiger partial charge in [-0.3, -0.25) is 4.79 Å². The Hall–Kier alpha value is -2.45. The third-order valence-electron chi connectivity index (χ3n) is 4.75. The summed E-state index contributed by atoms with van der Waals surface area (Å²) in [5.74, 6) is -1.20. The summed E-state index contributed by atoms with van der Waals surface area (Å²) in [6, 6.07) is 11.2. The van der Waals surface area contributed by atoms with Crippen molar-refractivity contribution in [1.82, 2.24) is 5.32 Å². The number of rotatable bonds is 5. The van der Waals surface area contributed by atoms with Gasteiger partial charge in [-0.05, 0) is 49.6 Å². The Balaban J connectivity index is 1.61. The van der Waals surface area contributed by atoms with Crippen LogP contribution in [0.3, 0.4) is 0 Å². The van der Waals surface area contributed by atoms with Crippen molar-refractivity contribution in [3.63, 3.8) is 0 Å². The van der Waals surface area contributed by atoms with Crippen molar-refractivity contribution in [3.05, 3.63) is 59.4 Å². The molecule has 27 heavy (non-hydrogen) atoms. The number of carbonyl (C=O) groups excluding carboxylic acids is 1. The molecule has 0 aromatic heterocycles. The average Bonchev–Trinajstić information content (AvgIpc) is 3.08. The van der Waals surface area contributed by atoms with Gasteiger partial charge in [0.15, 0.2) is 0 Å². The Kier molecular flexibility index (Phi) is 5.48. The molecule has 0 bridgehead atoms. The molecule has 2 aromatic rings. The molecule has 1 amide bonds. The summed E-state index contributed by atoms with van der Waals surface area (Å²) < 4.78 is 36.7. The SMILES string of the molecule is Cc1ccc(N2CC[C@@H](CNC(=O)c3cc(S(N)(=O)=O)ccc3F)C2)cc1. The summed E-state index contributed by atoms with van der Waals surface area (Å²) in [4.78, 5) is 14.2. The highest BCUT2D eigenvalue weighted by Gasteiger charge is 2.24. The quantitative estimate of drug-likeness (QED) is 0.816. The second-order valence-corrected chi connectivity index (χ2v) is 8.39. The van der Waals surface area contributed by atoms with Gasteiger partial charge >= 0.3 is 0 Å². The van der Waals surface area contributed by atoms with Gasteiger partial charge in [0.05, 0.1) is 10.5 Å². The Labute approximate surface area is 158 Å². The molecule has 1 aliphatic heterocycles. The number of amides is 1. The molecular weight excluding hydrogens is 369 g/mol. The third kappa shape index (κ3) is 4.64. The first kappa shape index (κ1) is 19.3. The van der Waals surface area contributed by atoms with E-state index in [0.29, 0.717) is 6.54 Å². The Bertz CT molecular complexity index is 945. The lowest BCUT2D eigenvalue weighted by Crippen LogP contribution is -2.31. The van der Waals surface area contributed by atoms with E-state index in [-0.39, 0.29) is 16.4 Å². The van der Waals surface area contributed by atoms with Crippen LogP contribution in [0.2, 0.25) is 0 Å². The Morgan fingerprint density at radius 3 is 2.63 bits per heavy atom. The van der Waals surface area contributed by atoms with Crippen LogP contribution in [0.4, 0.5) is 10.1 Å². The summed E-state index contributed by atoms with van der Waals surface area (Å²) in [5, 5.41) is 7.74. The van der Waals surface area contributed by atoms with Crippen LogP contribution in [0.5, 0.6) is 0 Å². The normalized spacial score (nSPS) is 17.1. The van der Waals surface area contributed by atoms with E-state index in [4.69, 9.17) is 5.14 Å². The van der Waals surface area contributed by atoms with Gasteiger partial charge in [-0.2, -0.15) is 0 Å². The number of primary sulfonamides is 1. The summed E-state index contributed by atoms with van der Waals surface area (Å²) in [7, 11) is -4.00. The minimum Gasteiger partial charge on any atom is -0.371 e. The highest BCUT2D eigenvalue weighted by molar-refractivity contribution is 7.89. The molecule has 1 heterocycles.